The topological polar surface area (TPSA) is 82.0 Å². The van der Waals surface area contributed by atoms with Crippen molar-refractivity contribution >= 4 is 7.82 Å². The van der Waals surface area contributed by atoms with E-state index in [1.54, 1.807) is 0 Å². The standard InChI is InChI=1S/C9H17N2O4P/c12-16(13,14)15-9-5-3-7-11-8(9)4-1-2-6-10-11/h10H,1-7H2,(H2,12,13,14). The van der Waals surface area contributed by atoms with Gasteiger partial charge in [-0.2, -0.15) is 0 Å². The molecule has 0 aromatic rings. The van der Waals surface area contributed by atoms with Crippen molar-refractivity contribution in [3.63, 3.8) is 0 Å². The predicted octanol–water partition coefficient (Wildman–Crippen LogP) is 1.09. The first-order valence-corrected chi connectivity index (χ1v) is 7.07. The SMILES string of the molecule is O=P(O)(O)OC1=C2CCCCNN2CCC1. The number of hydrogen-bond acceptors (Lipinski definition) is 4. The lowest BCUT2D eigenvalue weighted by Crippen LogP contribution is -2.39. The molecule has 6 nitrogen and oxygen atoms in total. The van der Waals surface area contributed by atoms with Gasteiger partial charge in [-0.15, -0.1) is 0 Å². The van der Waals surface area contributed by atoms with Gasteiger partial charge in [0.25, 0.3) is 0 Å². The van der Waals surface area contributed by atoms with Gasteiger partial charge in [-0.25, -0.2) is 9.99 Å². The second-order valence-electron chi connectivity index (χ2n) is 4.07. The second-order valence-corrected chi connectivity index (χ2v) is 5.24. The molecule has 0 unspecified atom stereocenters. The van der Waals surface area contributed by atoms with Gasteiger partial charge in [0.2, 0.25) is 0 Å². The van der Waals surface area contributed by atoms with Crippen molar-refractivity contribution < 1.29 is 18.9 Å². The highest BCUT2D eigenvalue weighted by Gasteiger charge is 2.27. The average molecular weight is 248 g/mol. The van der Waals surface area contributed by atoms with Crippen molar-refractivity contribution in [2.45, 2.75) is 32.1 Å². The van der Waals surface area contributed by atoms with E-state index >= 15 is 0 Å². The molecule has 2 rings (SSSR count). The summed E-state index contributed by atoms with van der Waals surface area (Å²) < 4.78 is 15.6. The monoisotopic (exact) mass is 248 g/mol. The zero-order valence-corrected chi connectivity index (χ0v) is 9.95. The normalized spacial score (nSPS) is 22.8. The molecule has 2 heterocycles. The van der Waals surface area contributed by atoms with Gasteiger partial charge >= 0.3 is 7.82 Å². The van der Waals surface area contributed by atoms with E-state index in [1.165, 1.54) is 0 Å². The van der Waals surface area contributed by atoms with Crippen LogP contribution in [0.25, 0.3) is 0 Å². The quantitative estimate of drug-likeness (QED) is 0.635. The maximum Gasteiger partial charge on any atom is 0.524 e. The Morgan fingerprint density at radius 2 is 2.06 bits per heavy atom. The molecule has 1 fully saturated rings. The maximum atomic E-state index is 10.9. The van der Waals surface area contributed by atoms with Gasteiger partial charge in [0.1, 0.15) is 5.76 Å². The fourth-order valence-electron chi connectivity index (χ4n) is 2.15. The first-order chi connectivity index (χ1) is 7.56. The first-order valence-electron chi connectivity index (χ1n) is 5.54. The average Bonchev–Trinajstić information content (AvgIpc) is 2.41. The molecule has 0 aromatic heterocycles. The van der Waals surface area contributed by atoms with Crippen molar-refractivity contribution in [3.05, 3.63) is 11.5 Å². The third-order valence-electron chi connectivity index (χ3n) is 2.81. The van der Waals surface area contributed by atoms with Crippen LogP contribution in [0.3, 0.4) is 0 Å². The molecule has 0 saturated carbocycles. The van der Waals surface area contributed by atoms with Crippen LogP contribution in [0.1, 0.15) is 32.1 Å². The summed E-state index contributed by atoms with van der Waals surface area (Å²) in [6, 6.07) is 0. The summed E-state index contributed by atoms with van der Waals surface area (Å²) in [5.74, 6) is 0.453. The molecule has 3 N–H and O–H groups in total. The summed E-state index contributed by atoms with van der Waals surface area (Å²) in [6.07, 6.45) is 4.38. The van der Waals surface area contributed by atoms with Crippen molar-refractivity contribution in [1.82, 2.24) is 10.4 Å². The lowest BCUT2D eigenvalue weighted by molar-refractivity contribution is 0.179. The number of rotatable bonds is 2. The number of hydrogen-bond donors (Lipinski definition) is 3. The smallest absolute Gasteiger partial charge is 0.407 e. The Morgan fingerprint density at radius 1 is 1.25 bits per heavy atom. The molecule has 7 heteroatoms. The molecular weight excluding hydrogens is 231 g/mol. The number of hydrazine groups is 1. The van der Waals surface area contributed by atoms with Crippen LogP contribution in [-0.4, -0.2) is 27.9 Å². The molecule has 1 saturated heterocycles. The van der Waals surface area contributed by atoms with Gasteiger partial charge in [-0.1, -0.05) is 0 Å². The minimum Gasteiger partial charge on any atom is -0.407 e. The Kier molecular flexibility index (Phi) is 3.54. The van der Waals surface area contributed by atoms with Crippen LogP contribution in [0.4, 0.5) is 0 Å². The molecule has 0 aromatic carbocycles. The van der Waals surface area contributed by atoms with E-state index in [1.807, 2.05) is 5.01 Å². The van der Waals surface area contributed by atoms with E-state index in [0.29, 0.717) is 12.2 Å². The van der Waals surface area contributed by atoms with E-state index < -0.39 is 7.82 Å². The maximum absolute atomic E-state index is 10.9. The summed E-state index contributed by atoms with van der Waals surface area (Å²) in [4.78, 5) is 17.7. The third kappa shape index (κ3) is 2.98. The number of nitrogens with zero attached hydrogens (tertiary/aromatic N) is 1. The summed E-state index contributed by atoms with van der Waals surface area (Å²) in [6.45, 7) is 1.79. The van der Waals surface area contributed by atoms with Crippen LogP contribution >= 0.6 is 7.82 Å². The van der Waals surface area contributed by atoms with E-state index in [2.05, 4.69) is 5.43 Å². The van der Waals surface area contributed by atoms with E-state index in [0.717, 1.165) is 44.5 Å². The molecule has 0 spiro atoms. The Labute approximate surface area is 94.5 Å². The van der Waals surface area contributed by atoms with Gasteiger partial charge in [-0.3, -0.25) is 9.79 Å². The van der Waals surface area contributed by atoms with Gasteiger partial charge in [0, 0.05) is 19.5 Å². The highest BCUT2D eigenvalue weighted by molar-refractivity contribution is 7.46. The lowest BCUT2D eigenvalue weighted by Gasteiger charge is -2.32. The van der Waals surface area contributed by atoms with Crippen LogP contribution in [0.2, 0.25) is 0 Å². The highest BCUT2D eigenvalue weighted by atomic mass is 31.2. The zero-order chi connectivity index (χ0) is 11.6. The van der Waals surface area contributed by atoms with Crippen LogP contribution < -0.4 is 5.43 Å². The number of allylic oxidation sites excluding steroid dienone is 2. The Hall–Kier alpha value is -0.550. The summed E-state index contributed by atoms with van der Waals surface area (Å²) in [7, 11) is -4.42. The van der Waals surface area contributed by atoms with E-state index in [4.69, 9.17) is 14.3 Å². The van der Waals surface area contributed by atoms with Crippen molar-refractivity contribution in [3.8, 4) is 0 Å². The molecule has 0 atom stereocenters. The molecular formula is C9H17N2O4P. The molecule has 2 aliphatic heterocycles. The molecule has 0 aliphatic carbocycles. The number of fused-ring (bicyclic) bond motifs is 1. The Morgan fingerprint density at radius 3 is 2.81 bits per heavy atom. The second kappa shape index (κ2) is 4.75. The number of phosphoric ester groups is 1. The highest BCUT2D eigenvalue weighted by Crippen LogP contribution is 2.42. The van der Waals surface area contributed by atoms with Gasteiger partial charge in [0.05, 0.1) is 5.70 Å². The summed E-state index contributed by atoms with van der Waals surface area (Å²) in [5, 5.41) is 1.97. The first kappa shape index (κ1) is 11.9. The minimum absolute atomic E-state index is 0.453. The summed E-state index contributed by atoms with van der Waals surface area (Å²) >= 11 is 0. The van der Waals surface area contributed by atoms with Crippen LogP contribution in [0.15, 0.2) is 11.5 Å². The zero-order valence-electron chi connectivity index (χ0n) is 9.06. The van der Waals surface area contributed by atoms with Crippen molar-refractivity contribution in [2.24, 2.45) is 0 Å². The van der Waals surface area contributed by atoms with Gasteiger partial charge in [-0.05, 0) is 25.7 Å². The van der Waals surface area contributed by atoms with Gasteiger partial charge < -0.3 is 9.53 Å². The predicted molar refractivity (Wildman–Crippen MR) is 57.9 cm³/mol. The molecule has 2 aliphatic rings. The lowest BCUT2D eigenvalue weighted by atomic mass is 10.1. The van der Waals surface area contributed by atoms with Crippen LogP contribution in [-0.2, 0) is 9.09 Å². The van der Waals surface area contributed by atoms with Crippen molar-refractivity contribution in [1.29, 1.82) is 0 Å². The molecule has 0 radical (unpaired) electrons. The van der Waals surface area contributed by atoms with Crippen LogP contribution in [0, 0.1) is 0 Å². The Balaban J connectivity index is 2.20. The van der Waals surface area contributed by atoms with Crippen LogP contribution in [0.5, 0.6) is 0 Å². The largest absolute Gasteiger partial charge is 0.524 e. The fourth-order valence-corrected chi connectivity index (χ4v) is 2.63. The number of nitrogens with one attached hydrogen (secondary N) is 1. The fraction of sp³-hybridized carbons (Fsp3) is 0.778. The minimum atomic E-state index is -4.42. The summed E-state index contributed by atoms with van der Waals surface area (Å²) in [5.41, 5.74) is 4.15. The van der Waals surface area contributed by atoms with E-state index in [-0.39, 0.29) is 0 Å². The molecule has 92 valence electrons. The molecule has 16 heavy (non-hydrogen) atoms. The molecule has 0 bridgehead atoms. The number of phosphoric acid groups is 1. The molecule has 0 amide bonds. The van der Waals surface area contributed by atoms with Gasteiger partial charge in [0.15, 0.2) is 0 Å². The Bertz CT molecular complexity index is 338. The van der Waals surface area contributed by atoms with E-state index in [9.17, 15) is 4.57 Å². The third-order valence-corrected chi connectivity index (χ3v) is 3.26. The van der Waals surface area contributed by atoms with Crippen molar-refractivity contribution in [2.75, 3.05) is 13.1 Å².